The molecule has 270 valence electrons. The first kappa shape index (κ1) is 34.0. The van der Waals surface area contributed by atoms with Crippen LogP contribution in [0.1, 0.15) is 5.56 Å². The molecule has 58 heavy (non-hydrogen) atoms. The van der Waals surface area contributed by atoms with Gasteiger partial charge in [-0.3, -0.25) is 4.98 Å². The fourth-order valence-electron chi connectivity index (χ4n) is 7.96. The van der Waals surface area contributed by atoms with Crippen LogP contribution in [0, 0.1) is 11.3 Å². The van der Waals surface area contributed by atoms with Crippen molar-refractivity contribution in [3.8, 4) is 73.4 Å². The minimum Gasteiger partial charge on any atom is -0.264 e. The van der Waals surface area contributed by atoms with Crippen molar-refractivity contribution in [3.63, 3.8) is 0 Å². The molecule has 0 atom stereocenters. The highest BCUT2D eigenvalue weighted by Gasteiger charge is 2.17. The molecule has 0 fully saturated rings. The Labute approximate surface area is 342 Å². The zero-order valence-corrected chi connectivity index (χ0v) is 32.6. The van der Waals surface area contributed by atoms with Crippen molar-refractivity contribution in [1.29, 1.82) is 5.26 Å². The Balaban J connectivity index is 1.15. The number of aromatic nitrogens is 3. The smallest absolute Gasteiger partial charge is 0.160 e. The monoisotopic (exact) mass is 774 g/mol. The van der Waals surface area contributed by atoms with Crippen LogP contribution in [0.5, 0.6) is 0 Å². The van der Waals surface area contributed by atoms with Crippen molar-refractivity contribution in [3.05, 3.63) is 188 Å². The van der Waals surface area contributed by atoms with Gasteiger partial charge >= 0.3 is 0 Å². The average Bonchev–Trinajstić information content (AvgIpc) is 3.87. The number of pyridine rings is 1. The normalized spacial score (nSPS) is 11.4. The van der Waals surface area contributed by atoms with E-state index in [-0.39, 0.29) is 0 Å². The number of rotatable bonds is 6. The topological polar surface area (TPSA) is 62.5 Å². The molecule has 0 unspecified atom stereocenters. The summed E-state index contributed by atoms with van der Waals surface area (Å²) < 4.78 is 5.12. The van der Waals surface area contributed by atoms with Crippen molar-refractivity contribution in [1.82, 2.24) is 15.0 Å². The molecule has 0 radical (unpaired) electrons. The van der Waals surface area contributed by atoms with Gasteiger partial charge in [-0.05, 0) is 119 Å². The third-order valence-corrected chi connectivity index (χ3v) is 13.1. The van der Waals surface area contributed by atoms with Gasteiger partial charge in [0.25, 0.3) is 0 Å². The van der Waals surface area contributed by atoms with Crippen LogP contribution in [-0.4, -0.2) is 15.0 Å². The van der Waals surface area contributed by atoms with E-state index in [9.17, 15) is 5.26 Å². The van der Waals surface area contributed by atoms with Gasteiger partial charge in [-0.2, -0.15) is 5.26 Å². The fraction of sp³-hybridized carbons (Fsp3) is 0. The maximum atomic E-state index is 9.57. The summed E-state index contributed by atoms with van der Waals surface area (Å²) in [6.45, 7) is 0. The second-order valence-electron chi connectivity index (χ2n) is 14.4. The summed E-state index contributed by atoms with van der Waals surface area (Å²) in [5.41, 5.74) is 11.5. The van der Waals surface area contributed by atoms with Gasteiger partial charge in [0.2, 0.25) is 0 Å². The van der Waals surface area contributed by atoms with E-state index in [1.54, 1.807) is 6.20 Å². The van der Waals surface area contributed by atoms with Crippen LogP contribution >= 0.6 is 22.7 Å². The number of hydrogen-bond acceptors (Lipinski definition) is 6. The predicted octanol–water partition coefficient (Wildman–Crippen LogP) is 14.5. The van der Waals surface area contributed by atoms with Gasteiger partial charge in [-0.25, -0.2) is 9.97 Å². The van der Waals surface area contributed by atoms with E-state index in [1.165, 1.54) is 40.3 Å². The van der Waals surface area contributed by atoms with Crippen molar-refractivity contribution in [2.75, 3.05) is 0 Å². The van der Waals surface area contributed by atoms with Crippen molar-refractivity contribution in [2.24, 2.45) is 0 Å². The van der Waals surface area contributed by atoms with E-state index in [4.69, 9.17) is 9.97 Å². The van der Waals surface area contributed by atoms with Gasteiger partial charge in [-0.15, -0.1) is 22.7 Å². The Morgan fingerprint density at radius 1 is 0.397 bits per heavy atom. The molecule has 7 aromatic carbocycles. The maximum Gasteiger partial charge on any atom is 0.160 e. The summed E-state index contributed by atoms with van der Waals surface area (Å²) in [7, 11) is 0. The quantitative estimate of drug-likeness (QED) is 0.169. The Morgan fingerprint density at radius 3 is 1.57 bits per heavy atom. The number of nitrogens with zero attached hydrogens (tertiary/aromatic N) is 4. The highest BCUT2D eigenvalue weighted by Crippen LogP contribution is 2.42. The van der Waals surface area contributed by atoms with E-state index in [0.29, 0.717) is 11.4 Å². The number of nitriles is 1. The number of hydrogen-bond donors (Lipinski definition) is 0. The summed E-state index contributed by atoms with van der Waals surface area (Å²) in [6.07, 6.45) is 3.68. The highest BCUT2D eigenvalue weighted by atomic mass is 32.1. The fourth-order valence-corrected chi connectivity index (χ4v) is 10.1. The van der Waals surface area contributed by atoms with Gasteiger partial charge in [0, 0.05) is 75.0 Å². The van der Waals surface area contributed by atoms with Crippen molar-refractivity contribution < 1.29 is 0 Å². The molecule has 0 bridgehead atoms. The summed E-state index contributed by atoms with van der Waals surface area (Å²) in [5, 5.41) is 14.6. The van der Waals surface area contributed by atoms with Crippen LogP contribution in [-0.2, 0) is 0 Å². The highest BCUT2D eigenvalue weighted by molar-refractivity contribution is 7.26. The second kappa shape index (κ2) is 14.0. The van der Waals surface area contributed by atoms with Gasteiger partial charge in [0.1, 0.15) is 0 Å². The first-order chi connectivity index (χ1) is 28.6. The van der Waals surface area contributed by atoms with E-state index >= 15 is 0 Å². The van der Waals surface area contributed by atoms with Gasteiger partial charge in [-0.1, -0.05) is 78.9 Å². The molecule has 0 saturated carbocycles. The lowest BCUT2D eigenvalue weighted by atomic mass is 9.93. The van der Waals surface area contributed by atoms with Gasteiger partial charge in [0.15, 0.2) is 5.82 Å². The number of fused-ring (bicyclic) bond motifs is 6. The van der Waals surface area contributed by atoms with Crippen LogP contribution in [0.3, 0.4) is 0 Å². The zero-order valence-electron chi connectivity index (χ0n) is 30.9. The molecule has 0 saturated heterocycles. The van der Waals surface area contributed by atoms with E-state index in [0.717, 1.165) is 61.5 Å². The van der Waals surface area contributed by atoms with E-state index in [1.807, 2.05) is 71.3 Å². The van der Waals surface area contributed by atoms with Gasteiger partial charge < -0.3 is 0 Å². The first-order valence-corrected chi connectivity index (χ1v) is 20.7. The van der Waals surface area contributed by atoms with Crippen LogP contribution in [0.25, 0.3) is 108 Å². The molecule has 4 nitrogen and oxygen atoms in total. The molecule has 4 aromatic heterocycles. The van der Waals surface area contributed by atoms with E-state index in [2.05, 4.69) is 138 Å². The SMILES string of the molecule is N#Cc1ccc(-c2nc(-c3cc(-c4ccc5sc6ccccc6c5c4)cc(-c4ccc5sc6ccccc6c5c4)c3)cc(-c3ccccc3-c3cccnc3)n2)cc1. The zero-order chi connectivity index (χ0) is 38.6. The molecule has 4 heterocycles. The molecular weight excluding hydrogens is 745 g/mol. The lowest BCUT2D eigenvalue weighted by Crippen LogP contribution is -1.98. The summed E-state index contributed by atoms with van der Waals surface area (Å²) in [6, 6.07) is 62.0. The predicted molar refractivity (Wildman–Crippen MR) is 243 cm³/mol. The lowest BCUT2D eigenvalue weighted by molar-refractivity contribution is 1.18. The minimum atomic E-state index is 0.585. The molecule has 0 aliphatic heterocycles. The van der Waals surface area contributed by atoms with Crippen LogP contribution in [0.2, 0.25) is 0 Å². The number of benzene rings is 7. The number of thiophene rings is 2. The Kier molecular flexibility index (Phi) is 8.21. The van der Waals surface area contributed by atoms with Crippen LogP contribution in [0.4, 0.5) is 0 Å². The van der Waals surface area contributed by atoms with Crippen molar-refractivity contribution >= 4 is 63.0 Å². The standard InChI is InChI=1S/C52H30N4S2/c53-30-32-15-17-33(18-16-32)52-55-46(29-47(56-52)41-10-2-1-9-40(41)36-8-7-23-54-31-36)39-25-37(34-19-21-50-44(27-34)42-11-3-5-13-48(42)57-50)24-38(26-39)35-20-22-51-45(28-35)43-12-4-6-14-49(43)58-51/h1-29,31H. The van der Waals surface area contributed by atoms with E-state index < -0.39 is 0 Å². The molecule has 0 amide bonds. The molecular formula is C52H30N4S2. The van der Waals surface area contributed by atoms with Crippen LogP contribution in [0.15, 0.2) is 182 Å². The molecule has 0 N–H and O–H groups in total. The average molecular weight is 775 g/mol. The molecule has 0 spiro atoms. The molecule has 0 aliphatic carbocycles. The summed E-state index contributed by atoms with van der Waals surface area (Å²) in [5.74, 6) is 0.585. The van der Waals surface area contributed by atoms with Crippen molar-refractivity contribution in [2.45, 2.75) is 0 Å². The third-order valence-electron chi connectivity index (χ3n) is 10.8. The Bertz CT molecular complexity index is 3280. The molecule has 0 aliphatic rings. The molecule has 6 heteroatoms. The molecule has 11 aromatic rings. The maximum absolute atomic E-state index is 9.57. The largest absolute Gasteiger partial charge is 0.264 e. The minimum absolute atomic E-state index is 0.585. The lowest BCUT2D eigenvalue weighted by Gasteiger charge is -2.15. The summed E-state index contributed by atoms with van der Waals surface area (Å²) in [4.78, 5) is 14.9. The van der Waals surface area contributed by atoms with Crippen LogP contribution < -0.4 is 0 Å². The third kappa shape index (κ3) is 6.02. The Morgan fingerprint density at radius 2 is 0.948 bits per heavy atom. The second-order valence-corrected chi connectivity index (χ2v) is 16.5. The molecule has 11 rings (SSSR count). The summed E-state index contributed by atoms with van der Waals surface area (Å²) >= 11 is 3.66. The first-order valence-electron chi connectivity index (χ1n) is 19.0. The Hall–Kier alpha value is -7.30. The van der Waals surface area contributed by atoms with Gasteiger partial charge in [0.05, 0.1) is 23.0 Å².